The lowest BCUT2D eigenvalue weighted by Gasteiger charge is -2.33. The Morgan fingerprint density at radius 3 is 2.24 bits per heavy atom. The molecule has 0 aliphatic rings. The second kappa shape index (κ2) is 6.36. The minimum absolute atomic E-state index is 0.110. The van der Waals surface area contributed by atoms with Gasteiger partial charge in [-0.2, -0.15) is 0 Å². The van der Waals surface area contributed by atoms with Gasteiger partial charge < -0.3 is 9.84 Å². The van der Waals surface area contributed by atoms with Crippen LogP contribution in [-0.4, -0.2) is 34.9 Å². The maximum absolute atomic E-state index is 11.8. The number of carbonyl (C=O) groups excluding carboxylic acids is 1. The van der Waals surface area contributed by atoms with Crippen molar-refractivity contribution in [1.29, 1.82) is 0 Å². The third kappa shape index (κ3) is 6.64. The predicted molar refractivity (Wildman–Crippen MR) is 68.8 cm³/mol. The number of ether oxygens (including phenoxy) is 1. The van der Waals surface area contributed by atoms with Gasteiger partial charge in [0.25, 0.3) is 0 Å². The average molecular weight is 245 g/mol. The molecule has 0 aliphatic heterocycles. The van der Waals surface area contributed by atoms with Crippen LogP contribution in [0.25, 0.3) is 0 Å². The molecule has 0 fully saturated rings. The Bertz CT molecular complexity index is 248. The Kier molecular flexibility index (Phi) is 6.13. The molecule has 0 aromatic carbocycles. The van der Waals surface area contributed by atoms with E-state index in [2.05, 4.69) is 5.32 Å². The zero-order valence-electron chi connectivity index (χ0n) is 12.0. The van der Waals surface area contributed by atoms with Gasteiger partial charge in [0.1, 0.15) is 11.6 Å². The molecule has 0 radical (unpaired) electrons. The fourth-order valence-electron chi connectivity index (χ4n) is 1.57. The number of aliphatic hydroxyl groups is 1. The Morgan fingerprint density at radius 2 is 1.88 bits per heavy atom. The molecule has 2 atom stereocenters. The van der Waals surface area contributed by atoms with Crippen molar-refractivity contribution in [2.75, 3.05) is 6.61 Å². The predicted octanol–water partition coefficient (Wildman–Crippen LogP) is 1.86. The van der Waals surface area contributed by atoms with Crippen molar-refractivity contribution in [3.8, 4) is 0 Å². The lowest BCUT2D eigenvalue weighted by molar-refractivity contribution is -0.157. The number of carbonyl (C=O) groups is 1. The van der Waals surface area contributed by atoms with E-state index in [0.29, 0.717) is 6.42 Å². The highest BCUT2D eigenvalue weighted by Crippen LogP contribution is 2.16. The summed E-state index contributed by atoms with van der Waals surface area (Å²) in [5.41, 5.74) is -0.697. The van der Waals surface area contributed by atoms with Gasteiger partial charge in [0.2, 0.25) is 0 Å². The first kappa shape index (κ1) is 16.4. The van der Waals surface area contributed by atoms with Crippen molar-refractivity contribution in [3.05, 3.63) is 0 Å². The van der Waals surface area contributed by atoms with Crippen LogP contribution < -0.4 is 5.32 Å². The minimum atomic E-state index is -0.466. The third-order valence-corrected chi connectivity index (χ3v) is 2.77. The standard InChI is InChI=1S/C13H27NO3/c1-7-13(6,8-9-15)14-10(2)11(16)17-12(3,4)5/h10,14-15H,7-9H2,1-6H3. The zero-order valence-corrected chi connectivity index (χ0v) is 12.0. The zero-order chi connectivity index (χ0) is 13.7. The maximum Gasteiger partial charge on any atom is 0.323 e. The van der Waals surface area contributed by atoms with Gasteiger partial charge in [-0.05, 0) is 47.5 Å². The van der Waals surface area contributed by atoms with Gasteiger partial charge in [-0.25, -0.2) is 0 Å². The molecule has 2 unspecified atom stereocenters. The van der Waals surface area contributed by atoms with E-state index in [1.807, 2.05) is 34.6 Å². The molecule has 0 spiro atoms. The number of hydrogen-bond acceptors (Lipinski definition) is 4. The molecule has 0 rings (SSSR count). The van der Waals surface area contributed by atoms with Gasteiger partial charge in [0, 0.05) is 12.1 Å². The van der Waals surface area contributed by atoms with E-state index in [9.17, 15) is 4.79 Å². The molecule has 0 saturated heterocycles. The van der Waals surface area contributed by atoms with E-state index < -0.39 is 5.60 Å². The summed E-state index contributed by atoms with van der Waals surface area (Å²) < 4.78 is 5.30. The monoisotopic (exact) mass is 245 g/mol. The SMILES string of the molecule is CCC(C)(CCO)NC(C)C(=O)OC(C)(C)C. The van der Waals surface area contributed by atoms with Crippen LogP contribution in [-0.2, 0) is 9.53 Å². The van der Waals surface area contributed by atoms with Crippen LogP contribution >= 0.6 is 0 Å². The minimum Gasteiger partial charge on any atom is -0.459 e. The smallest absolute Gasteiger partial charge is 0.323 e. The lowest BCUT2D eigenvalue weighted by atomic mass is 9.94. The molecule has 0 aromatic heterocycles. The summed E-state index contributed by atoms with van der Waals surface area (Å²) in [5.74, 6) is -0.255. The molecule has 0 amide bonds. The molecule has 17 heavy (non-hydrogen) atoms. The largest absolute Gasteiger partial charge is 0.459 e. The maximum atomic E-state index is 11.8. The van der Waals surface area contributed by atoms with Crippen molar-refractivity contribution < 1.29 is 14.6 Å². The first-order valence-electron chi connectivity index (χ1n) is 6.25. The highest BCUT2D eigenvalue weighted by atomic mass is 16.6. The van der Waals surface area contributed by atoms with E-state index in [1.165, 1.54) is 0 Å². The Balaban J connectivity index is 4.41. The lowest BCUT2D eigenvalue weighted by Crippen LogP contribution is -2.51. The number of esters is 1. The third-order valence-electron chi connectivity index (χ3n) is 2.77. The fourth-order valence-corrected chi connectivity index (χ4v) is 1.57. The Labute approximate surface area is 105 Å². The van der Waals surface area contributed by atoms with Crippen LogP contribution in [0.1, 0.15) is 54.4 Å². The molecule has 0 saturated carbocycles. The average Bonchev–Trinajstić information content (AvgIpc) is 2.15. The molecule has 0 aromatic rings. The van der Waals surface area contributed by atoms with Gasteiger partial charge in [-0.1, -0.05) is 6.92 Å². The topological polar surface area (TPSA) is 58.6 Å². The molecular weight excluding hydrogens is 218 g/mol. The second-order valence-corrected chi connectivity index (χ2v) is 5.79. The van der Waals surface area contributed by atoms with E-state index >= 15 is 0 Å². The summed E-state index contributed by atoms with van der Waals surface area (Å²) in [6.45, 7) is 11.5. The molecule has 102 valence electrons. The van der Waals surface area contributed by atoms with Gasteiger partial charge in [-0.3, -0.25) is 10.1 Å². The van der Waals surface area contributed by atoms with Crippen LogP contribution in [0.4, 0.5) is 0 Å². The molecule has 0 heterocycles. The van der Waals surface area contributed by atoms with Crippen LogP contribution in [0.2, 0.25) is 0 Å². The normalized spacial score (nSPS) is 17.4. The highest BCUT2D eigenvalue weighted by Gasteiger charge is 2.28. The number of aliphatic hydroxyl groups excluding tert-OH is 1. The number of hydrogen-bond donors (Lipinski definition) is 2. The van der Waals surface area contributed by atoms with Crippen molar-refractivity contribution in [3.63, 3.8) is 0 Å². The van der Waals surface area contributed by atoms with E-state index in [1.54, 1.807) is 6.92 Å². The first-order chi connectivity index (χ1) is 7.63. The van der Waals surface area contributed by atoms with Gasteiger partial charge in [0.05, 0.1) is 0 Å². The van der Waals surface area contributed by atoms with Crippen molar-refractivity contribution >= 4 is 5.97 Å². The highest BCUT2D eigenvalue weighted by molar-refractivity contribution is 5.75. The molecule has 4 heteroatoms. The number of rotatable bonds is 6. The van der Waals surface area contributed by atoms with Gasteiger partial charge in [0.15, 0.2) is 0 Å². The quantitative estimate of drug-likeness (QED) is 0.701. The van der Waals surface area contributed by atoms with Gasteiger partial charge in [-0.15, -0.1) is 0 Å². The summed E-state index contributed by atoms with van der Waals surface area (Å²) in [4.78, 5) is 11.8. The molecule has 2 N–H and O–H groups in total. The van der Waals surface area contributed by atoms with Crippen LogP contribution in [0.15, 0.2) is 0 Å². The Morgan fingerprint density at radius 1 is 1.35 bits per heavy atom. The summed E-state index contributed by atoms with van der Waals surface area (Å²) in [6.07, 6.45) is 1.47. The van der Waals surface area contributed by atoms with Crippen LogP contribution in [0, 0.1) is 0 Å². The van der Waals surface area contributed by atoms with E-state index in [0.717, 1.165) is 6.42 Å². The van der Waals surface area contributed by atoms with Crippen molar-refractivity contribution in [2.45, 2.75) is 71.6 Å². The second-order valence-electron chi connectivity index (χ2n) is 5.79. The molecule has 0 bridgehead atoms. The summed E-state index contributed by atoms with van der Waals surface area (Å²) in [5, 5.41) is 12.2. The number of nitrogens with one attached hydrogen (secondary N) is 1. The molecular formula is C13H27NO3. The Hall–Kier alpha value is -0.610. The van der Waals surface area contributed by atoms with E-state index in [-0.39, 0.29) is 24.2 Å². The molecule has 0 aliphatic carbocycles. The fraction of sp³-hybridized carbons (Fsp3) is 0.923. The van der Waals surface area contributed by atoms with Crippen LogP contribution in [0.5, 0.6) is 0 Å². The van der Waals surface area contributed by atoms with Crippen LogP contribution in [0.3, 0.4) is 0 Å². The van der Waals surface area contributed by atoms with E-state index in [4.69, 9.17) is 9.84 Å². The summed E-state index contributed by atoms with van der Waals surface area (Å²) in [6, 6.07) is -0.370. The summed E-state index contributed by atoms with van der Waals surface area (Å²) in [7, 11) is 0. The first-order valence-corrected chi connectivity index (χ1v) is 6.25. The molecule has 4 nitrogen and oxygen atoms in total. The van der Waals surface area contributed by atoms with Crippen molar-refractivity contribution in [2.24, 2.45) is 0 Å². The van der Waals surface area contributed by atoms with Gasteiger partial charge >= 0.3 is 5.97 Å². The summed E-state index contributed by atoms with van der Waals surface area (Å²) >= 11 is 0. The van der Waals surface area contributed by atoms with Crippen molar-refractivity contribution in [1.82, 2.24) is 5.32 Å².